The summed E-state index contributed by atoms with van der Waals surface area (Å²) in [7, 11) is 0. The van der Waals surface area contributed by atoms with E-state index in [2.05, 4.69) is 32.2 Å². The van der Waals surface area contributed by atoms with Gasteiger partial charge in [0.15, 0.2) is 0 Å². The first kappa shape index (κ1) is 13.7. The standard InChI is InChI=1S/C15H22ClNO/c1-4-10(3)14(17-5-2)13-9-12(16)8-11-6-7-18-15(11)13/h8-10,14,17H,4-7H2,1-3H3. The molecule has 2 unspecified atom stereocenters. The monoisotopic (exact) mass is 267 g/mol. The molecule has 0 saturated carbocycles. The first-order chi connectivity index (χ1) is 8.67. The normalized spacial score (nSPS) is 17.1. The van der Waals surface area contributed by atoms with Gasteiger partial charge in [-0.3, -0.25) is 0 Å². The molecule has 0 bridgehead atoms. The van der Waals surface area contributed by atoms with Crippen molar-refractivity contribution >= 4 is 11.6 Å². The third kappa shape index (κ3) is 2.65. The van der Waals surface area contributed by atoms with Crippen molar-refractivity contribution < 1.29 is 4.74 Å². The van der Waals surface area contributed by atoms with Crippen LogP contribution in [0.2, 0.25) is 5.02 Å². The molecular formula is C15H22ClNO. The molecule has 100 valence electrons. The van der Waals surface area contributed by atoms with Crippen molar-refractivity contribution in [2.24, 2.45) is 5.92 Å². The number of ether oxygens (including phenoxy) is 1. The summed E-state index contributed by atoms with van der Waals surface area (Å²) in [6.07, 6.45) is 2.11. The molecule has 0 fully saturated rings. The molecule has 1 aromatic rings. The molecule has 3 heteroatoms. The van der Waals surface area contributed by atoms with E-state index in [9.17, 15) is 0 Å². The largest absolute Gasteiger partial charge is 0.493 e. The molecule has 2 rings (SSSR count). The van der Waals surface area contributed by atoms with Gasteiger partial charge in [-0.1, -0.05) is 38.8 Å². The Morgan fingerprint density at radius 1 is 1.39 bits per heavy atom. The lowest BCUT2D eigenvalue weighted by Crippen LogP contribution is -2.27. The average molecular weight is 268 g/mol. The second-order valence-corrected chi connectivity index (χ2v) is 5.44. The van der Waals surface area contributed by atoms with Crippen LogP contribution >= 0.6 is 11.6 Å². The molecule has 0 aliphatic carbocycles. The number of hydrogen-bond donors (Lipinski definition) is 1. The van der Waals surface area contributed by atoms with Crippen molar-refractivity contribution in [2.45, 2.75) is 39.7 Å². The molecule has 1 heterocycles. The van der Waals surface area contributed by atoms with Gasteiger partial charge in [0.1, 0.15) is 5.75 Å². The highest BCUT2D eigenvalue weighted by Crippen LogP contribution is 2.39. The molecule has 0 spiro atoms. The molecule has 18 heavy (non-hydrogen) atoms. The maximum absolute atomic E-state index is 6.24. The smallest absolute Gasteiger partial charge is 0.127 e. The van der Waals surface area contributed by atoms with Gasteiger partial charge in [-0.25, -0.2) is 0 Å². The lowest BCUT2D eigenvalue weighted by molar-refractivity contribution is 0.331. The van der Waals surface area contributed by atoms with Gasteiger partial charge in [-0.05, 0) is 30.2 Å². The van der Waals surface area contributed by atoms with Crippen LogP contribution in [0, 0.1) is 5.92 Å². The summed E-state index contributed by atoms with van der Waals surface area (Å²) in [6.45, 7) is 8.37. The van der Waals surface area contributed by atoms with E-state index in [-0.39, 0.29) is 0 Å². The summed E-state index contributed by atoms with van der Waals surface area (Å²) < 4.78 is 5.81. The van der Waals surface area contributed by atoms with Crippen LogP contribution in [0.1, 0.15) is 44.4 Å². The number of halogens is 1. The minimum Gasteiger partial charge on any atom is -0.493 e. The van der Waals surface area contributed by atoms with E-state index >= 15 is 0 Å². The quantitative estimate of drug-likeness (QED) is 0.872. The zero-order valence-electron chi connectivity index (χ0n) is 11.4. The van der Waals surface area contributed by atoms with Crippen molar-refractivity contribution in [1.29, 1.82) is 0 Å². The third-order valence-corrected chi connectivity index (χ3v) is 3.97. The highest BCUT2D eigenvalue weighted by Gasteiger charge is 2.25. The second kappa shape index (κ2) is 5.94. The summed E-state index contributed by atoms with van der Waals surface area (Å²) in [6, 6.07) is 4.42. The van der Waals surface area contributed by atoms with Crippen LogP contribution in [0.3, 0.4) is 0 Å². The van der Waals surface area contributed by atoms with Crippen LogP contribution in [0.4, 0.5) is 0 Å². The number of fused-ring (bicyclic) bond motifs is 1. The van der Waals surface area contributed by atoms with E-state index in [1.54, 1.807) is 0 Å². The van der Waals surface area contributed by atoms with Gasteiger partial charge in [0.05, 0.1) is 6.61 Å². The summed E-state index contributed by atoms with van der Waals surface area (Å²) in [5.74, 6) is 1.63. The van der Waals surface area contributed by atoms with Gasteiger partial charge in [-0.2, -0.15) is 0 Å². The number of benzene rings is 1. The van der Waals surface area contributed by atoms with Crippen molar-refractivity contribution in [3.05, 3.63) is 28.3 Å². The van der Waals surface area contributed by atoms with Crippen molar-refractivity contribution in [3.63, 3.8) is 0 Å². The predicted octanol–water partition coefficient (Wildman–Crippen LogP) is 3.97. The zero-order chi connectivity index (χ0) is 13.1. The van der Waals surface area contributed by atoms with Gasteiger partial charge >= 0.3 is 0 Å². The van der Waals surface area contributed by atoms with Gasteiger partial charge in [-0.15, -0.1) is 0 Å². The average Bonchev–Trinajstić information content (AvgIpc) is 2.82. The minimum absolute atomic E-state index is 0.325. The summed E-state index contributed by atoms with van der Waals surface area (Å²) in [4.78, 5) is 0. The molecule has 0 aromatic heterocycles. The number of hydrogen-bond acceptors (Lipinski definition) is 2. The van der Waals surface area contributed by atoms with Gasteiger partial charge < -0.3 is 10.1 Å². The fourth-order valence-corrected chi connectivity index (χ4v) is 2.85. The van der Waals surface area contributed by atoms with E-state index in [1.165, 1.54) is 11.1 Å². The molecule has 0 amide bonds. The predicted molar refractivity (Wildman–Crippen MR) is 76.5 cm³/mol. The first-order valence-electron chi connectivity index (χ1n) is 6.85. The van der Waals surface area contributed by atoms with Gasteiger partial charge in [0.2, 0.25) is 0 Å². The summed E-state index contributed by atoms with van der Waals surface area (Å²) >= 11 is 6.24. The van der Waals surface area contributed by atoms with E-state index in [4.69, 9.17) is 16.3 Å². The fraction of sp³-hybridized carbons (Fsp3) is 0.600. The summed E-state index contributed by atoms with van der Waals surface area (Å²) in [5, 5.41) is 4.39. The fourth-order valence-electron chi connectivity index (χ4n) is 2.60. The second-order valence-electron chi connectivity index (χ2n) is 5.00. The molecule has 0 saturated heterocycles. The number of rotatable bonds is 5. The van der Waals surface area contributed by atoms with Crippen LogP contribution in [0.5, 0.6) is 5.75 Å². The van der Waals surface area contributed by atoms with Crippen LogP contribution in [-0.4, -0.2) is 13.2 Å². The Morgan fingerprint density at radius 3 is 2.83 bits per heavy atom. The Kier molecular flexibility index (Phi) is 4.52. The zero-order valence-corrected chi connectivity index (χ0v) is 12.2. The molecule has 1 aliphatic rings. The Balaban J connectivity index is 2.40. The molecule has 1 aliphatic heterocycles. The minimum atomic E-state index is 0.325. The van der Waals surface area contributed by atoms with Crippen LogP contribution in [0.25, 0.3) is 0 Å². The third-order valence-electron chi connectivity index (χ3n) is 3.75. The highest BCUT2D eigenvalue weighted by atomic mass is 35.5. The topological polar surface area (TPSA) is 21.3 Å². The van der Waals surface area contributed by atoms with Crippen molar-refractivity contribution in [1.82, 2.24) is 5.32 Å². The van der Waals surface area contributed by atoms with Crippen LogP contribution in [-0.2, 0) is 6.42 Å². The van der Waals surface area contributed by atoms with Crippen molar-refractivity contribution in [3.8, 4) is 5.75 Å². The highest BCUT2D eigenvalue weighted by molar-refractivity contribution is 6.30. The maximum Gasteiger partial charge on any atom is 0.127 e. The van der Waals surface area contributed by atoms with E-state index < -0.39 is 0 Å². The van der Waals surface area contributed by atoms with E-state index in [0.717, 1.165) is 36.8 Å². The van der Waals surface area contributed by atoms with Gasteiger partial charge in [0.25, 0.3) is 0 Å². The van der Waals surface area contributed by atoms with E-state index in [1.807, 2.05) is 6.07 Å². The Morgan fingerprint density at radius 2 is 2.17 bits per heavy atom. The van der Waals surface area contributed by atoms with E-state index in [0.29, 0.717) is 12.0 Å². The van der Waals surface area contributed by atoms with Crippen molar-refractivity contribution in [2.75, 3.05) is 13.2 Å². The maximum atomic E-state index is 6.24. The molecule has 2 nitrogen and oxygen atoms in total. The Hall–Kier alpha value is -0.730. The Bertz CT molecular complexity index is 419. The van der Waals surface area contributed by atoms with Crippen LogP contribution < -0.4 is 10.1 Å². The molecule has 1 N–H and O–H groups in total. The van der Waals surface area contributed by atoms with Crippen LogP contribution in [0.15, 0.2) is 12.1 Å². The van der Waals surface area contributed by atoms with Gasteiger partial charge in [0, 0.05) is 23.0 Å². The number of nitrogens with one attached hydrogen (secondary N) is 1. The summed E-state index contributed by atoms with van der Waals surface area (Å²) in [5.41, 5.74) is 2.48. The lowest BCUT2D eigenvalue weighted by Gasteiger charge is -2.26. The SMILES string of the molecule is CCNC(c1cc(Cl)cc2c1OCC2)C(C)CC. The molecule has 0 radical (unpaired) electrons. The lowest BCUT2D eigenvalue weighted by atomic mass is 9.90. The molecular weight excluding hydrogens is 246 g/mol. The Labute approximate surface area is 115 Å². The molecule has 2 atom stereocenters. The molecule has 1 aromatic carbocycles. The first-order valence-corrected chi connectivity index (χ1v) is 7.23.